The third-order valence-electron chi connectivity index (χ3n) is 12.2. The van der Waals surface area contributed by atoms with E-state index >= 15 is 0 Å². The van der Waals surface area contributed by atoms with Crippen molar-refractivity contribution in [3.8, 4) is 0 Å². The highest BCUT2D eigenvalue weighted by Gasteiger charge is 2.53. The number of carbonyl (C=O) groups excluding carboxylic acids is 1. The summed E-state index contributed by atoms with van der Waals surface area (Å²) in [7, 11) is -1.30. The normalized spacial score (nSPS) is 25.8. The van der Waals surface area contributed by atoms with Crippen LogP contribution in [0.3, 0.4) is 0 Å². The van der Waals surface area contributed by atoms with Gasteiger partial charge in [0.1, 0.15) is 12.0 Å². The van der Waals surface area contributed by atoms with Crippen LogP contribution in [0.1, 0.15) is 49.7 Å². The van der Waals surface area contributed by atoms with E-state index in [1.54, 1.807) is 12.1 Å². The predicted octanol–water partition coefficient (Wildman–Crippen LogP) is 4.27. The Balaban J connectivity index is 1.03. The molecule has 0 unspecified atom stereocenters. The molecule has 5 aliphatic rings. The third kappa shape index (κ3) is 7.34. The Morgan fingerprint density at radius 1 is 0.939 bits per heavy atom. The molecule has 12 heteroatoms. The first-order chi connectivity index (χ1) is 23.7. The molecule has 4 heterocycles. The van der Waals surface area contributed by atoms with E-state index in [0.717, 1.165) is 101 Å². The molecule has 2 aromatic carbocycles. The predicted molar refractivity (Wildman–Crippen MR) is 186 cm³/mol. The van der Waals surface area contributed by atoms with Crippen molar-refractivity contribution in [1.29, 1.82) is 0 Å². The minimum atomic E-state index is -2.71. The van der Waals surface area contributed by atoms with Gasteiger partial charge in [-0.15, -0.1) is 0 Å². The van der Waals surface area contributed by atoms with Gasteiger partial charge in [-0.25, -0.2) is 22.0 Å². The molecule has 7 rings (SSSR count). The number of rotatable bonds is 12. The largest absolute Gasteiger partial charge is 0.453 e. The molecule has 2 aromatic rings. The quantitative estimate of drug-likeness (QED) is 0.318. The first kappa shape index (κ1) is 34.6. The molecular formula is C37H51F2N5O4S. The van der Waals surface area contributed by atoms with Crippen molar-refractivity contribution in [2.24, 2.45) is 17.8 Å². The zero-order valence-electron chi connectivity index (χ0n) is 28.6. The SMILES string of the molecule is COC(=O)N[C@H]1CCC[C@@H]1[C@](CN1CCC1)(c1cccc(F)c1)C1CCN(CC2CN(c3ccc([SH](=O)=O)c(CN4CC(F)C4)c3)C2)CC1. The van der Waals surface area contributed by atoms with Gasteiger partial charge in [0.15, 0.2) is 10.7 Å². The Kier molecular flexibility index (Phi) is 10.5. The lowest BCUT2D eigenvalue weighted by Crippen LogP contribution is -2.60. The molecule has 3 atom stereocenters. The molecule has 0 radical (unpaired) electrons. The Labute approximate surface area is 290 Å². The molecule has 1 amide bonds. The van der Waals surface area contributed by atoms with E-state index < -0.39 is 23.0 Å². The summed E-state index contributed by atoms with van der Waals surface area (Å²) in [5.41, 5.74) is 2.57. The third-order valence-corrected chi connectivity index (χ3v) is 13.0. The second kappa shape index (κ2) is 14.8. The molecule has 0 aromatic heterocycles. The number of nitrogens with one attached hydrogen (secondary N) is 1. The van der Waals surface area contributed by atoms with Gasteiger partial charge in [-0.1, -0.05) is 18.6 Å². The first-order valence-electron chi connectivity index (χ1n) is 18.2. The van der Waals surface area contributed by atoms with Crippen molar-refractivity contribution in [2.75, 3.05) is 77.5 Å². The van der Waals surface area contributed by atoms with E-state index in [1.807, 2.05) is 23.1 Å². The van der Waals surface area contributed by atoms with Gasteiger partial charge in [0.2, 0.25) is 0 Å². The van der Waals surface area contributed by atoms with E-state index in [-0.39, 0.29) is 23.2 Å². The Hall–Kier alpha value is -2.80. The van der Waals surface area contributed by atoms with Crippen LogP contribution in [0, 0.1) is 23.6 Å². The highest BCUT2D eigenvalue weighted by molar-refractivity contribution is 7.72. The molecule has 49 heavy (non-hydrogen) atoms. The number of likely N-dealkylation sites (tertiary alicyclic amines) is 3. The number of piperidine rings is 1. The van der Waals surface area contributed by atoms with Gasteiger partial charge in [0.05, 0.1) is 12.0 Å². The average molecular weight is 700 g/mol. The van der Waals surface area contributed by atoms with Crippen LogP contribution in [0.5, 0.6) is 0 Å². The van der Waals surface area contributed by atoms with Gasteiger partial charge in [0, 0.05) is 68.9 Å². The number of nitrogens with zero attached hydrogens (tertiary/aromatic N) is 4. The molecule has 1 saturated carbocycles. The molecule has 9 nitrogen and oxygen atoms in total. The van der Waals surface area contributed by atoms with Gasteiger partial charge in [-0.05, 0) is 112 Å². The summed E-state index contributed by atoms with van der Waals surface area (Å²) in [4.78, 5) is 22.2. The number of methoxy groups -OCH3 is 1. The standard InChI is InChI=1S/C37H51F2N5O4S/c1-48-36(45)40-34-8-3-7-33(34)37(25-42-13-4-14-42,29-5-2-6-30(38)18-29)28-11-15-41(16-12-28)19-26-20-44(21-26)32-9-10-35(49(46)47)27(17-32)22-43-23-31(39)24-43/h2,5-6,9-10,17-18,26,28,31,33-34,49H,3-4,7-8,11-16,19-25H2,1H3,(H,40,45)/t33-,34-,37-/m0/s1. The van der Waals surface area contributed by atoms with Gasteiger partial charge in [0.25, 0.3) is 0 Å². The molecule has 4 saturated heterocycles. The van der Waals surface area contributed by atoms with E-state index in [2.05, 4.69) is 26.1 Å². The summed E-state index contributed by atoms with van der Waals surface area (Å²) in [6, 6.07) is 12.8. The van der Waals surface area contributed by atoms with Gasteiger partial charge < -0.3 is 24.8 Å². The Bertz CT molecular complexity index is 1550. The maximum atomic E-state index is 15.0. The van der Waals surface area contributed by atoms with E-state index in [4.69, 9.17) is 4.74 Å². The molecule has 1 aliphatic carbocycles. The van der Waals surface area contributed by atoms with Crippen LogP contribution in [0.15, 0.2) is 47.4 Å². The number of alkyl carbamates (subject to hydrolysis) is 1. The fourth-order valence-electron chi connectivity index (χ4n) is 9.58. The van der Waals surface area contributed by atoms with Gasteiger partial charge in [-0.2, -0.15) is 0 Å². The Morgan fingerprint density at radius 3 is 2.37 bits per heavy atom. The van der Waals surface area contributed by atoms with Crippen molar-refractivity contribution in [2.45, 2.75) is 67.6 Å². The monoisotopic (exact) mass is 699 g/mol. The first-order valence-corrected chi connectivity index (χ1v) is 19.3. The number of halogens is 2. The van der Waals surface area contributed by atoms with Crippen LogP contribution in [-0.4, -0.2) is 114 Å². The molecule has 0 bridgehead atoms. The molecule has 5 fully saturated rings. The second-order valence-corrected chi connectivity index (χ2v) is 16.2. The minimum absolute atomic E-state index is 0.00801. The minimum Gasteiger partial charge on any atom is -0.453 e. The van der Waals surface area contributed by atoms with Crippen molar-refractivity contribution in [3.63, 3.8) is 0 Å². The van der Waals surface area contributed by atoms with Crippen LogP contribution in [-0.2, 0) is 27.4 Å². The summed E-state index contributed by atoms with van der Waals surface area (Å²) in [6.45, 7) is 9.00. The highest BCUT2D eigenvalue weighted by Crippen LogP contribution is 2.51. The Morgan fingerprint density at radius 2 is 1.71 bits per heavy atom. The lowest BCUT2D eigenvalue weighted by molar-refractivity contribution is 0.0223. The lowest BCUT2D eigenvalue weighted by atomic mass is 9.57. The lowest BCUT2D eigenvalue weighted by Gasteiger charge is -2.54. The summed E-state index contributed by atoms with van der Waals surface area (Å²) < 4.78 is 57.2. The topological polar surface area (TPSA) is 85.4 Å². The van der Waals surface area contributed by atoms with Crippen LogP contribution < -0.4 is 10.2 Å². The van der Waals surface area contributed by atoms with Crippen molar-refractivity contribution >= 4 is 22.5 Å². The number of ether oxygens (including phenoxy) is 1. The van der Waals surface area contributed by atoms with Crippen molar-refractivity contribution < 1.29 is 26.7 Å². The molecule has 4 aliphatic heterocycles. The molecule has 268 valence electrons. The van der Waals surface area contributed by atoms with Crippen LogP contribution in [0.4, 0.5) is 19.3 Å². The number of hydrogen-bond donors (Lipinski definition) is 2. The molecule has 1 N–H and O–H groups in total. The fraction of sp³-hybridized carbons (Fsp3) is 0.649. The van der Waals surface area contributed by atoms with E-state index in [0.29, 0.717) is 36.4 Å². The number of hydrogen-bond acceptors (Lipinski definition) is 8. The number of carbonyl (C=O) groups is 1. The zero-order valence-corrected chi connectivity index (χ0v) is 29.5. The van der Waals surface area contributed by atoms with Gasteiger partial charge >= 0.3 is 6.09 Å². The van der Waals surface area contributed by atoms with Crippen LogP contribution >= 0.6 is 0 Å². The summed E-state index contributed by atoms with van der Waals surface area (Å²) >= 11 is 0. The summed E-state index contributed by atoms with van der Waals surface area (Å²) in [6.07, 6.45) is 4.96. The summed E-state index contributed by atoms with van der Waals surface area (Å²) in [5, 5.41) is 3.18. The van der Waals surface area contributed by atoms with Crippen molar-refractivity contribution in [1.82, 2.24) is 20.0 Å². The maximum absolute atomic E-state index is 15.0. The number of alkyl halides is 1. The zero-order chi connectivity index (χ0) is 34.1. The molecule has 0 spiro atoms. The highest BCUT2D eigenvalue weighted by atomic mass is 32.2. The number of amides is 1. The van der Waals surface area contributed by atoms with Crippen LogP contribution in [0.2, 0.25) is 0 Å². The number of thiol groups is 1. The van der Waals surface area contributed by atoms with Crippen LogP contribution in [0.25, 0.3) is 0 Å². The summed E-state index contributed by atoms with van der Waals surface area (Å²) in [5.74, 6) is 0.875. The van der Waals surface area contributed by atoms with Crippen molar-refractivity contribution in [3.05, 3.63) is 59.4 Å². The van der Waals surface area contributed by atoms with E-state index in [9.17, 15) is 22.0 Å². The van der Waals surface area contributed by atoms with E-state index in [1.165, 1.54) is 19.6 Å². The average Bonchev–Trinajstić information content (AvgIpc) is 3.50. The fourth-order valence-corrected chi connectivity index (χ4v) is 10.1. The second-order valence-electron chi connectivity index (χ2n) is 15.2. The molecular weight excluding hydrogens is 649 g/mol. The number of anilines is 1. The smallest absolute Gasteiger partial charge is 0.407 e. The number of benzene rings is 2. The van der Waals surface area contributed by atoms with Gasteiger partial charge in [-0.3, -0.25) is 4.90 Å². The maximum Gasteiger partial charge on any atom is 0.407 e.